The van der Waals surface area contributed by atoms with Gasteiger partial charge in [-0.1, -0.05) is 29.0 Å². The number of aromatic nitrogens is 2. The summed E-state index contributed by atoms with van der Waals surface area (Å²) in [4.78, 5) is 27.5. The Morgan fingerprint density at radius 3 is 2.62 bits per heavy atom. The SMILES string of the molecule is Cc1nc(C)c(C(=O)N(CCN2CCOCC2)c2nc3c(C)ccc(Cl)c3s2)s1. The zero-order chi connectivity index (χ0) is 20.5. The molecule has 3 heterocycles. The zero-order valence-electron chi connectivity index (χ0n) is 16.7. The van der Waals surface area contributed by atoms with E-state index in [-0.39, 0.29) is 5.91 Å². The molecule has 0 spiro atoms. The lowest BCUT2D eigenvalue weighted by Gasteiger charge is -2.29. The molecule has 1 aliphatic rings. The van der Waals surface area contributed by atoms with Gasteiger partial charge in [0.1, 0.15) is 4.88 Å². The second-order valence-corrected chi connectivity index (χ2v) is 9.68. The van der Waals surface area contributed by atoms with Gasteiger partial charge in [0.25, 0.3) is 5.91 Å². The van der Waals surface area contributed by atoms with Gasteiger partial charge in [-0.2, -0.15) is 0 Å². The van der Waals surface area contributed by atoms with Crippen LogP contribution in [0.4, 0.5) is 5.13 Å². The van der Waals surface area contributed by atoms with Crippen molar-refractivity contribution < 1.29 is 9.53 Å². The summed E-state index contributed by atoms with van der Waals surface area (Å²) in [5.74, 6) is -0.0470. The summed E-state index contributed by atoms with van der Waals surface area (Å²) in [7, 11) is 0. The number of hydrogen-bond donors (Lipinski definition) is 0. The van der Waals surface area contributed by atoms with E-state index in [0.717, 1.165) is 59.3 Å². The van der Waals surface area contributed by atoms with Crippen LogP contribution in [-0.2, 0) is 4.74 Å². The summed E-state index contributed by atoms with van der Waals surface area (Å²) >= 11 is 9.31. The van der Waals surface area contributed by atoms with Gasteiger partial charge in [0.2, 0.25) is 0 Å². The number of aryl methyl sites for hydroxylation is 3. The van der Waals surface area contributed by atoms with E-state index >= 15 is 0 Å². The van der Waals surface area contributed by atoms with Gasteiger partial charge in [-0.3, -0.25) is 14.6 Å². The molecule has 154 valence electrons. The number of morpholine rings is 1. The number of fused-ring (bicyclic) bond motifs is 1. The number of thiazole rings is 2. The number of hydrogen-bond acceptors (Lipinski definition) is 7. The average molecular weight is 451 g/mol. The molecule has 29 heavy (non-hydrogen) atoms. The lowest BCUT2D eigenvalue weighted by molar-refractivity contribution is 0.0391. The number of carbonyl (C=O) groups excluding carboxylic acids is 1. The standard InChI is InChI=1S/C20H23ClN4O2S2/c1-12-4-5-15(21)18-16(12)23-20(29-18)25(7-6-24-8-10-27-11-9-24)19(26)17-13(2)22-14(3)28-17/h4-5H,6-11H2,1-3H3. The van der Waals surface area contributed by atoms with Crippen LogP contribution in [0.1, 0.15) is 25.9 Å². The van der Waals surface area contributed by atoms with Gasteiger partial charge in [0.05, 0.1) is 39.2 Å². The summed E-state index contributed by atoms with van der Waals surface area (Å²) in [6.07, 6.45) is 0. The molecule has 0 bridgehead atoms. The maximum absolute atomic E-state index is 13.5. The van der Waals surface area contributed by atoms with E-state index in [1.54, 1.807) is 4.90 Å². The minimum atomic E-state index is -0.0470. The van der Waals surface area contributed by atoms with Gasteiger partial charge in [0, 0.05) is 26.2 Å². The lowest BCUT2D eigenvalue weighted by Crippen LogP contribution is -2.43. The Labute approximate surface area is 183 Å². The van der Waals surface area contributed by atoms with E-state index in [1.165, 1.54) is 22.7 Å². The highest BCUT2D eigenvalue weighted by molar-refractivity contribution is 7.23. The molecule has 1 fully saturated rings. The number of carbonyl (C=O) groups is 1. The molecule has 1 saturated heterocycles. The van der Waals surface area contributed by atoms with Crippen LogP contribution in [0, 0.1) is 20.8 Å². The van der Waals surface area contributed by atoms with Gasteiger partial charge in [-0.05, 0) is 32.4 Å². The molecule has 1 amide bonds. The topological polar surface area (TPSA) is 58.6 Å². The van der Waals surface area contributed by atoms with Crippen molar-refractivity contribution in [1.29, 1.82) is 0 Å². The van der Waals surface area contributed by atoms with Crippen molar-refractivity contribution in [3.63, 3.8) is 0 Å². The van der Waals surface area contributed by atoms with E-state index in [9.17, 15) is 4.79 Å². The third-order valence-corrected chi connectivity index (χ3v) is 7.60. The molecule has 0 radical (unpaired) electrons. The van der Waals surface area contributed by atoms with Crippen LogP contribution in [0.25, 0.3) is 10.2 Å². The third-order valence-electron chi connectivity index (χ3n) is 5.00. The smallest absolute Gasteiger partial charge is 0.272 e. The van der Waals surface area contributed by atoms with Gasteiger partial charge >= 0.3 is 0 Å². The molecule has 6 nitrogen and oxygen atoms in total. The molecule has 4 rings (SSSR count). The number of benzene rings is 1. The minimum Gasteiger partial charge on any atom is -0.379 e. The second-order valence-electron chi connectivity index (χ2n) is 7.10. The predicted octanol–water partition coefficient (Wildman–Crippen LogP) is 4.31. The van der Waals surface area contributed by atoms with Crippen LogP contribution >= 0.6 is 34.3 Å². The maximum atomic E-state index is 13.5. The van der Waals surface area contributed by atoms with Crippen molar-refractivity contribution in [2.75, 3.05) is 44.3 Å². The fourth-order valence-corrected chi connectivity index (χ4v) is 5.62. The van der Waals surface area contributed by atoms with Crippen LogP contribution in [0.3, 0.4) is 0 Å². The Hall–Kier alpha value is -1.58. The Balaban J connectivity index is 1.69. The number of nitrogens with zero attached hydrogens (tertiary/aromatic N) is 4. The summed E-state index contributed by atoms with van der Waals surface area (Å²) in [5, 5.41) is 2.24. The van der Waals surface area contributed by atoms with E-state index in [2.05, 4.69) is 9.88 Å². The van der Waals surface area contributed by atoms with Crippen LogP contribution in [0.5, 0.6) is 0 Å². The molecule has 0 aliphatic carbocycles. The van der Waals surface area contributed by atoms with Crippen LogP contribution in [0.15, 0.2) is 12.1 Å². The Kier molecular flexibility index (Phi) is 6.17. The van der Waals surface area contributed by atoms with E-state index < -0.39 is 0 Å². The fourth-order valence-electron chi connectivity index (χ4n) is 3.41. The molecular formula is C20H23ClN4O2S2. The number of anilines is 1. The molecular weight excluding hydrogens is 428 g/mol. The highest BCUT2D eigenvalue weighted by Gasteiger charge is 2.26. The van der Waals surface area contributed by atoms with Gasteiger partial charge in [-0.25, -0.2) is 9.97 Å². The van der Waals surface area contributed by atoms with Crippen LogP contribution < -0.4 is 4.90 Å². The molecule has 1 aliphatic heterocycles. The molecule has 0 saturated carbocycles. The number of ether oxygens (including phenoxy) is 1. The first-order valence-electron chi connectivity index (χ1n) is 9.55. The Bertz CT molecular complexity index is 1000. The molecule has 2 aromatic heterocycles. The molecule has 0 N–H and O–H groups in total. The van der Waals surface area contributed by atoms with Gasteiger partial charge < -0.3 is 4.74 Å². The molecule has 0 atom stereocenters. The number of rotatable bonds is 5. The van der Waals surface area contributed by atoms with Gasteiger partial charge in [0.15, 0.2) is 5.13 Å². The number of amides is 1. The first-order chi connectivity index (χ1) is 13.9. The normalized spacial score (nSPS) is 15.2. The maximum Gasteiger partial charge on any atom is 0.272 e. The van der Waals surface area contributed by atoms with Crippen molar-refractivity contribution in [2.24, 2.45) is 0 Å². The van der Waals surface area contributed by atoms with E-state index in [4.69, 9.17) is 21.3 Å². The summed E-state index contributed by atoms with van der Waals surface area (Å²) < 4.78 is 6.36. The van der Waals surface area contributed by atoms with Crippen molar-refractivity contribution >= 4 is 55.5 Å². The Morgan fingerprint density at radius 1 is 1.21 bits per heavy atom. The predicted molar refractivity (Wildman–Crippen MR) is 120 cm³/mol. The quantitative estimate of drug-likeness (QED) is 0.579. The zero-order valence-corrected chi connectivity index (χ0v) is 19.1. The molecule has 3 aromatic rings. The summed E-state index contributed by atoms with van der Waals surface area (Å²) in [5.41, 5.74) is 2.68. The minimum absolute atomic E-state index is 0.0470. The van der Waals surface area contributed by atoms with E-state index in [1.807, 2.05) is 32.9 Å². The van der Waals surface area contributed by atoms with Crippen molar-refractivity contribution in [2.45, 2.75) is 20.8 Å². The molecule has 9 heteroatoms. The summed E-state index contributed by atoms with van der Waals surface area (Å²) in [6.45, 7) is 10.4. The van der Waals surface area contributed by atoms with E-state index in [0.29, 0.717) is 21.6 Å². The van der Waals surface area contributed by atoms with Crippen molar-refractivity contribution in [1.82, 2.24) is 14.9 Å². The second kappa shape index (κ2) is 8.65. The lowest BCUT2D eigenvalue weighted by atomic mass is 10.2. The van der Waals surface area contributed by atoms with Crippen molar-refractivity contribution in [3.8, 4) is 0 Å². The van der Waals surface area contributed by atoms with Gasteiger partial charge in [-0.15, -0.1) is 11.3 Å². The van der Waals surface area contributed by atoms with Crippen molar-refractivity contribution in [3.05, 3.63) is 38.3 Å². The molecule has 1 aromatic carbocycles. The third kappa shape index (κ3) is 4.32. The first kappa shape index (κ1) is 20.7. The Morgan fingerprint density at radius 2 is 1.97 bits per heavy atom. The fraction of sp³-hybridized carbons (Fsp3) is 0.450. The summed E-state index contributed by atoms with van der Waals surface area (Å²) in [6, 6.07) is 3.85. The monoisotopic (exact) mass is 450 g/mol. The largest absolute Gasteiger partial charge is 0.379 e. The highest BCUT2D eigenvalue weighted by Crippen LogP contribution is 2.36. The van der Waals surface area contributed by atoms with Crippen LogP contribution in [-0.4, -0.2) is 60.2 Å². The average Bonchev–Trinajstić information content (AvgIpc) is 3.30. The van der Waals surface area contributed by atoms with Crippen LogP contribution in [0.2, 0.25) is 5.02 Å². The highest BCUT2D eigenvalue weighted by atomic mass is 35.5. The first-order valence-corrected chi connectivity index (χ1v) is 11.6. The molecule has 0 unspecified atom stereocenters. The number of halogens is 1.